The van der Waals surface area contributed by atoms with Crippen LogP contribution in [0.25, 0.3) is 22.2 Å². The van der Waals surface area contributed by atoms with E-state index in [2.05, 4.69) is 20.9 Å². The molecule has 3 aromatic rings. The van der Waals surface area contributed by atoms with Crippen LogP contribution >= 0.6 is 27.3 Å². The molecule has 1 aromatic carbocycles. The predicted molar refractivity (Wildman–Crippen MR) is 76.0 cm³/mol. The average Bonchev–Trinajstić information content (AvgIpc) is 2.74. The zero-order chi connectivity index (χ0) is 12.7. The summed E-state index contributed by atoms with van der Waals surface area (Å²) in [4.78, 5) is 16.0. The first-order chi connectivity index (χ1) is 8.63. The van der Waals surface area contributed by atoms with E-state index in [1.165, 1.54) is 6.07 Å². The first-order valence-corrected chi connectivity index (χ1v) is 6.97. The number of hydrogen-bond acceptors (Lipinski definition) is 4. The molecule has 0 fully saturated rings. The number of aryl methyl sites for hydroxylation is 1. The molecule has 0 spiro atoms. The fourth-order valence-corrected chi connectivity index (χ4v) is 2.79. The summed E-state index contributed by atoms with van der Waals surface area (Å²) in [6, 6.07) is 7.13. The molecule has 0 atom stereocenters. The molecule has 0 unspecified atom stereocenters. The summed E-state index contributed by atoms with van der Waals surface area (Å²) in [5.74, 6) is 0. The van der Waals surface area contributed by atoms with Crippen molar-refractivity contribution in [2.75, 3.05) is 0 Å². The summed E-state index contributed by atoms with van der Waals surface area (Å²) in [5, 5.41) is 3.82. The summed E-state index contributed by atoms with van der Waals surface area (Å²) in [7, 11) is 0. The lowest BCUT2D eigenvalue weighted by molar-refractivity contribution is 0.561. The second-order valence-corrected chi connectivity index (χ2v) is 5.85. The van der Waals surface area contributed by atoms with Gasteiger partial charge < -0.3 is 4.42 Å². The van der Waals surface area contributed by atoms with Crippen LogP contribution < -0.4 is 5.63 Å². The van der Waals surface area contributed by atoms with Crippen molar-refractivity contribution < 1.29 is 4.42 Å². The minimum Gasteiger partial charge on any atom is -0.423 e. The quantitative estimate of drug-likeness (QED) is 0.636. The van der Waals surface area contributed by atoms with E-state index in [4.69, 9.17) is 4.42 Å². The highest BCUT2D eigenvalue weighted by molar-refractivity contribution is 9.10. The van der Waals surface area contributed by atoms with Crippen molar-refractivity contribution in [3.05, 3.63) is 49.5 Å². The van der Waals surface area contributed by atoms with Crippen molar-refractivity contribution in [2.24, 2.45) is 0 Å². The van der Waals surface area contributed by atoms with E-state index in [1.807, 2.05) is 24.4 Å². The molecule has 90 valence electrons. The van der Waals surface area contributed by atoms with Gasteiger partial charge in [-0.15, -0.1) is 11.3 Å². The lowest BCUT2D eigenvalue weighted by Crippen LogP contribution is -1.98. The van der Waals surface area contributed by atoms with Crippen LogP contribution in [0, 0.1) is 6.92 Å². The second-order valence-electron chi connectivity index (χ2n) is 3.87. The molecule has 0 amide bonds. The maximum absolute atomic E-state index is 11.6. The molecule has 0 aliphatic rings. The molecule has 3 rings (SSSR count). The van der Waals surface area contributed by atoms with E-state index < -0.39 is 0 Å². The van der Waals surface area contributed by atoms with Crippen LogP contribution in [0.15, 0.2) is 43.3 Å². The van der Waals surface area contributed by atoms with Crippen molar-refractivity contribution in [3.63, 3.8) is 0 Å². The normalized spacial score (nSPS) is 11.0. The van der Waals surface area contributed by atoms with Gasteiger partial charge in [-0.2, -0.15) is 0 Å². The summed E-state index contributed by atoms with van der Waals surface area (Å²) in [6.07, 6.45) is 0. The number of thiazole rings is 1. The molecule has 2 aromatic heterocycles. The smallest absolute Gasteiger partial charge is 0.336 e. The molecule has 2 heterocycles. The van der Waals surface area contributed by atoms with Crippen LogP contribution in [-0.4, -0.2) is 4.98 Å². The SMILES string of the molecule is Cc1nc(-c2cc(=O)oc3cc(Br)ccc23)cs1. The number of aromatic nitrogens is 1. The minimum absolute atomic E-state index is 0.360. The Labute approximate surface area is 115 Å². The predicted octanol–water partition coefficient (Wildman–Crippen LogP) is 3.99. The van der Waals surface area contributed by atoms with Crippen LogP contribution in [0.5, 0.6) is 0 Å². The molecule has 0 saturated heterocycles. The van der Waals surface area contributed by atoms with Gasteiger partial charge in [-0.1, -0.05) is 15.9 Å². The Hall–Kier alpha value is -1.46. The molecule has 0 aliphatic heterocycles. The minimum atomic E-state index is -0.360. The highest BCUT2D eigenvalue weighted by Crippen LogP contribution is 2.29. The fourth-order valence-electron chi connectivity index (χ4n) is 1.84. The second kappa shape index (κ2) is 4.33. The molecule has 0 bridgehead atoms. The third-order valence-corrected chi connectivity index (χ3v) is 3.87. The van der Waals surface area contributed by atoms with E-state index in [0.29, 0.717) is 5.58 Å². The standard InChI is InChI=1S/C13H8BrNO2S/c1-7-15-11(6-18-7)10-5-13(16)17-12-4-8(14)2-3-9(10)12/h2-6H,1H3. The van der Waals surface area contributed by atoms with Gasteiger partial charge in [-0.3, -0.25) is 0 Å². The molecule has 0 aliphatic carbocycles. The highest BCUT2D eigenvalue weighted by Gasteiger charge is 2.10. The average molecular weight is 322 g/mol. The lowest BCUT2D eigenvalue weighted by Gasteiger charge is -2.02. The number of rotatable bonds is 1. The number of fused-ring (bicyclic) bond motifs is 1. The first-order valence-electron chi connectivity index (χ1n) is 5.29. The Balaban J connectivity index is 2.38. The topological polar surface area (TPSA) is 43.1 Å². The summed E-state index contributed by atoms with van der Waals surface area (Å²) >= 11 is 4.93. The summed E-state index contributed by atoms with van der Waals surface area (Å²) in [5.41, 5.74) is 1.84. The lowest BCUT2D eigenvalue weighted by atomic mass is 10.1. The van der Waals surface area contributed by atoms with E-state index in [9.17, 15) is 4.79 Å². The summed E-state index contributed by atoms with van der Waals surface area (Å²) in [6.45, 7) is 1.94. The molecule has 0 N–H and O–H groups in total. The van der Waals surface area contributed by atoms with Gasteiger partial charge in [0.2, 0.25) is 0 Å². The van der Waals surface area contributed by atoms with Crippen LogP contribution in [0.3, 0.4) is 0 Å². The molecule has 3 nitrogen and oxygen atoms in total. The van der Waals surface area contributed by atoms with Crippen LogP contribution in [0.2, 0.25) is 0 Å². The molecule has 5 heteroatoms. The van der Waals surface area contributed by atoms with Gasteiger partial charge in [0.25, 0.3) is 0 Å². The largest absolute Gasteiger partial charge is 0.423 e. The zero-order valence-electron chi connectivity index (χ0n) is 9.44. The van der Waals surface area contributed by atoms with Crippen molar-refractivity contribution in [1.82, 2.24) is 4.98 Å². The van der Waals surface area contributed by atoms with Gasteiger partial charge in [0.15, 0.2) is 0 Å². The van der Waals surface area contributed by atoms with E-state index in [1.54, 1.807) is 17.4 Å². The zero-order valence-corrected chi connectivity index (χ0v) is 11.8. The van der Waals surface area contributed by atoms with Gasteiger partial charge in [0.1, 0.15) is 5.58 Å². The third-order valence-electron chi connectivity index (χ3n) is 2.60. The molecule has 18 heavy (non-hydrogen) atoms. The monoisotopic (exact) mass is 321 g/mol. The van der Waals surface area contributed by atoms with E-state index in [-0.39, 0.29) is 5.63 Å². The van der Waals surface area contributed by atoms with Crippen molar-refractivity contribution in [2.45, 2.75) is 6.92 Å². The molecule has 0 saturated carbocycles. The van der Waals surface area contributed by atoms with E-state index in [0.717, 1.165) is 26.1 Å². The van der Waals surface area contributed by atoms with Crippen molar-refractivity contribution >= 4 is 38.2 Å². The molecule has 0 radical (unpaired) electrons. The fraction of sp³-hybridized carbons (Fsp3) is 0.0769. The number of benzene rings is 1. The van der Waals surface area contributed by atoms with Gasteiger partial charge in [-0.25, -0.2) is 9.78 Å². The first kappa shape index (κ1) is 11.6. The van der Waals surface area contributed by atoms with E-state index >= 15 is 0 Å². The van der Waals surface area contributed by atoms with Crippen molar-refractivity contribution in [3.8, 4) is 11.3 Å². The Bertz CT molecular complexity index is 791. The maximum Gasteiger partial charge on any atom is 0.336 e. The van der Waals surface area contributed by atoms with Crippen LogP contribution in [-0.2, 0) is 0 Å². The number of hydrogen-bond donors (Lipinski definition) is 0. The van der Waals surface area contributed by atoms with Gasteiger partial charge in [0.05, 0.1) is 10.7 Å². The van der Waals surface area contributed by atoms with Gasteiger partial charge >= 0.3 is 5.63 Å². The Morgan fingerprint density at radius 3 is 2.89 bits per heavy atom. The van der Waals surface area contributed by atoms with Crippen LogP contribution in [0.4, 0.5) is 0 Å². The van der Waals surface area contributed by atoms with Gasteiger partial charge in [0, 0.05) is 26.9 Å². The van der Waals surface area contributed by atoms with Crippen LogP contribution in [0.1, 0.15) is 5.01 Å². The third kappa shape index (κ3) is 2.00. The number of nitrogens with zero attached hydrogens (tertiary/aromatic N) is 1. The number of halogens is 1. The molecular formula is C13H8BrNO2S. The molecular weight excluding hydrogens is 314 g/mol. The Morgan fingerprint density at radius 1 is 1.33 bits per heavy atom. The highest BCUT2D eigenvalue weighted by atomic mass is 79.9. The van der Waals surface area contributed by atoms with Gasteiger partial charge in [-0.05, 0) is 25.1 Å². The van der Waals surface area contributed by atoms with Crippen molar-refractivity contribution in [1.29, 1.82) is 0 Å². The Kier molecular flexibility index (Phi) is 2.80. The Morgan fingerprint density at radius 2 is 2.17 bits per heavy atom. The maximum atomic E-state index is 11.6. The summed E-state index contributed by atoms with van der Waals surface area (Å²) < 4.78 is 6.08.